The van der Waals surface area contributed by atoms with Gasteiger partial charge in [0.1, 0.15) is 17.7 Å². The van der Waals surface area contributed by atoms with E-state index in [9.17, 15) is 24.3 Å². The van der Waals surface area contributed by atoms with Gasteiger partial charge in [0.25, 0.3) is 0 Å². The molecule has 0 aliphatic rings. The van der Waals surface area contributed by atoms with Crippen molar-refractivity contribution in [2.45, 2.75) is 96.6 Å². The molecule has 3 aromatic carbocycles. The zero-order valence-corrected chi connectivity index (χ0v) is 29.2. The minimum Gasteiger partial charge on any atom is -0.444 e. The summed E-state index contributed by atoms with van der Waals surface area (Å²) >= 11 is 0. The number of primary amides is 1. The second kappa shape index (κ2) is 18.7. The summed E-state index contributed by atoms with van der Waals surface area (Å²) in [5.41, 5.74) is 7.51. The average Bonchev–Trinajstić information content (AvgIpc) is 3.03. The van der Waals surface area contributed by atoms with Crippen LogP contribution >= 0.6 is 0 Å². The molecule has 6 N–H and O–H groups in total. The van der Waals surface area contributed by atoms with Crippen LogP contribution in [0.5, 0.6) is 0 Å². The number of hydrogen-bond acceptors (Lipinski definition) is 6. The van der Waals surface area contributed by atoms with E-state index in [4.69, 9.17) is 10.5 Å². The second-order valence-electron chi connectivity index (χ2n) is 14.0. The van der Waals surface area contributed by atoms with Gasteiger partial charge in [0.2, 0.25) is 17.7 Å². The van der Waals surface area contributed by atoms with E-state index >= 15 is 0 Å². The van der Waals surface area contributed by atoms with Gasteiger partial charge in [-0.3, -0.25) is 14.4 Å². The van der Waals surface area contributed by atoms with Crippen LogP contribution in [0.15, 0.2) is 91.0 Å². The van der Waals surface area contributed by atoms with Crippen LogP contribution in [0.2, 0.25) is 0 Å². The van der Waals surface area contributed by atoms with E-state index in [0.29, 0.717) is 12.8 Å². The van der Waals surface area contributed by atoms with E-state index < -0.39 is 59.6 Å². The van der Waals surface area contributed by atoms with Crippen LogP contribution in [0.25, 0.3) is 0 Å². The lowest BCUT2D eigenvalue weighted by Gasteiger charge is -2.30. The molecule has 0 heterocycles. The van der Waals surface area contributed by atoms with E-state index in [2.05, 4.69) is 16.0 Å². The monoisotopic (exact) mass is 672 g/mol. The summed E-state index contributed by atoms with van der Waals surface area (Å²) in [5.74, 6) is -2.37. The average molecular weight is 673 g/mol. The zero-order chi connectivity index (χ0) is 36.0. The topological polar surface area (TPSA) is 160 Å². The smallest absolute Gasteiger partial charge is 0.407 e. The van der Waals surface area contributed by atoms with Crippen molar-refractivity contribution >= 4 is 23.8 Å². The van der Waals surface area contributed by atoms with Crippen molar-refractivity contribution in [2.75, 3.05) is 0 Å². The number of nitrogens with one attached hydrogen (secondary N) is 3. The Bertz CT molecular complexity index is 1480. The highest BCUT2D eigenvalue weighted by Gasteiger charge is 2.33. The van der Waals surface area contributed by atoms with Crippen LogP contribution < -0.4 is 21.7 Å². The Morgan fingerprint density at radius 1 is 0.673 bits per heavy atom. The number of carbonyl (C=O) groups is 4. The van der Waals surface area contributed by atoms with Crippen molar-refractivity contribution in [1.29, 1.82) is 0 Å². The number of aliphatic hydroxyl groups excluding tert-OH is 1. The van der Waals surface area contributed by atoms with Gasteiger partial charge in [0, 0.05) is 12.3 Å². The van der Waals surface area contributed by atoms with E-state index in [1.807, 2.05) is 105 Å². The molecular formula is C39H52N4O6. The molecule has 10 heteroatoms. The molecule has 0 saturated heterocycles. The number of nitrogens with two attached hydrogens (primary N) is 1. The maximum Gasteiger partial charge on any atom is 0.407 e. The lowest BCUT2D eigenvalue weighted by molar-refractivity contribution is -0.133. The minimum atomic E-state index is -1.14. The maximum absolute atomic E-state index is 14.1. The third-order valence-corrected chi connectivity index (χ3v) is 7.97. The number of hydrogen-bond donors (Lipinski definition) is 5. The molecule has 5 atom stereocenters. The first-order valence-electron chi connectivity index (χ1n) is 16.9. The van der Waals surface area contributed by atoms with Crippen molar-refractivity contribution in [1.82, 2.24) is 16.0 Å². The van der Waals surface area contributed by atoms with Gasteiger partial charge in [-0.1, -0.05) is 105 Å². The van der Waals surface area contributed by atoms with Crippen LogP contribution in [0.4, 0.5) is 4.79 Å². The molecule has 3 rings (SSSR count). The Kier molecular flexibility index (Phi) is 14.8. The predicted octanol–water partition coefficient (Wildman–Crippen LogP) is 4.48. The first-order chi connectivity index (χ1) is 23.2. The van der Waals surface area contributed by atoms with Gasteiger partial charge < -0.3 is 31.5 Å². The highest BCUT2D eigenvalue weighted by molar-refractivity contribution is 5.92. The van der Waals surface area contributed by atoms with Gasteiger partial charge in [0.15, 0.2) is 0 Å². The highest BCUT2D eigenvalue weighted by Crippen LogP contribution is 2.20. The fourth-order valence-corrected chi connectivity index (χ4v) is 5.59. The molecule has 10 nitrogen and oxygen atoms in total. The van der Waals surface area contributed by atoms with Gasteiger partial charge >= 0.3 is 6.09 Å². The van der Waals surface area contributed by atoms with Crippen molar-refractivity contribution in [2.24, 2.45) is 17.6 Å². The van der Waals surface area contributed by atoms with Crippen LogP contribution in [0, 0.1) is 11.8 Å². The Morgan fingerprint density at radius 3 is 1.61 bits per heavy atom. The molecular weight excluding hydrogens is 620 g/mol. The molecule has 0 aliphatic heterocycles. The largest absolute Gasteiger partial charge is 0.444 e. The Hall–Kier alpha value is -4.70. The number of aliphatic hydroxyl groups is 1. The molecule has 4 amide bonds. The quantitative estimate of drug-likeness (QED) is 0.142. The highest BCUT2D eigenvalue weighted by atomic mass is 16.6. The van der Waals surface area contributed by atoms with Crippen molar-refractivity contribution in [3.05, 3.63) is 108 Å². The zero-order valence-electron chi connectivity index (χ0n) is 29.2. The number of rotatable bonds is 17. The van der Waals surface area contributed by atoms with E-state index in [-0.39, 0.29) is 25.2 Å². The normalized spacial score (nSPS) is 14.5. The molecule has 0 radical (unpaired) electrons. The van der Waals surface area contributed by atoms with Gasteiger partial charge in [-0.25, -0.2) is 4.79 Å². The number of benzene rings is 3. The third-order valence-electron chi connectivity index (χ3n) is 7.97. The molecule has 0 spiro atoms. The summed E-state index contributed by atoms with van der Waals surface area (Å²) in [5, 5.41) is 20.1. The van der Waals surface area contributed by atoms with E-state index in [1.165, 1.54) is 0 Å². The molecule has 49 heavy (non-hydrogen) atoms. The molecule has 3 aromatic rings. The first-order valence-corrected chi connectivity index (χ1v) is 16.9. The number of amides is 4. The summed E-state index contributed by atoms with van der Waals surface area (Å²) in [6.07, 6.45) is -0.731. The van der Waals surface area contributed by atoms with E-state index in [1.54, 1.807) is 20.8 Å². The number of ether oxygens (including phenoxy) is 1. The van der Waals surface area contributed by atoms with Crippen LogP contribution in [-0.2, 0) is 38.4 Å². The molecule has 264 valence electrons. The molecule has 0 aromatic heterocycles. The maximum atomic E-state index is 14.1. The molecule has 0 aliphatic carbocycles. The summed E-state index contributed by atoms with van der Waals surface area (Å²) in [4.78, 5) is 52.9. The molecule has 0 fully saturated rings. The first kappa shape index (κ1) is 38.7. The molecule has 0 saturated carbocycles. The Labute approximate surface area is 290 Å². The van der Waals surface area contributed by atoms with Crippen molar-refractivity contribution < 1.29 is 29.0 Å². The summed E-state index contributed by atoms with van der Waals surface area (Å²) < 4.78 is 5.49. The Balaban J connectivity index is 1.85. The fourth-order valence-electron chi connectivity index (χ4n) is 5.59. The van der Waals surface area contributed by atoms with Crippen LogP contribution in [0.1, 0.15) is 64.2 Å². The summed E-state index contributed by atoms with van der Waals surface area (Å²) in [6.45, 7) is 9.14. The van der Waals surface area contributed by atoms with E-state index in [0.717, 1.165) is 16.7 Å². The SMILES string of the molecule is CC(C)C[C@H](NC(=O)[C@H](Cc1ccccc1)C[C@H](O)[C@H](Cc1ccccc1)NC(=O)OC(C)(C)C)C(=O)N[C@H](Cc1ccccc1)C(N)=O. The van der Waals surface area contributed by atoms with Crippen molar-refractivity contribution in [3.8, 4) is 0 Å². The van der Waals surface area contributed by atoms with Crippen molar-refractivity contribution in [3.63, 3.8) is 0 Å². The van der Waals surface area contributed by atoms with Gasteiger partial charge in [-0.15, -0.1) is 0 Å². The predicted molar refractivity (Wildman–Crippen MR) is 190 cm³/mol. The summed E-state index contributed by atoms with van der Waals surface area (Å²) in [7, 11) is 0. The van der Waals surface area contributed by atoms with Crippen LogP contribution in [0.3, 0.4) is 0 Å². The fraction of sp³-hybridized carbons (Fsp3) is 0.436. The molecule has 0 bridgehead atoms. The standard InChI is InChI=1S/C39H52N4O6/c1-26(2)21-33(37(47)41-32(35(40)45)24-29-19-13-8-14-20-29)42-36(46)30(22-27-15-9-6-10-16-27)25-34(44)31(23-28-17-11-7-12-18-28)43-38(48)49-39(3,4)5/h6-20,26,30-34,44H,21-25H2,1-5H3,(H2,40,45)(H,41,47)(H,42,46)(H,43,48)/t30-,31+,32-,33+,34+/m1/s1. The Morgan fingerprint density at radius 2 is 1.14 bits per heavy atom. The number of carbonyl (C=O) groups excluding carboxylic acids is 4. The van der Waals surface area contributed by atoms with Gasteiger partial charge in [0.05, 0.1) is 12.1 Å². The molecule has 0 unspecified atom stereocenters. The lowest BCUT2D eigenvalue weighted by atomic mass is 9.88. The minimum absolute atomic E-state index is 0.0119. The second-order valence-corrected chi connectivity index (χ2v) is 14.0. The van der Waals surface area contributed by atoms with Gasteiger partial charge in [-0.05, 0) is 69.1 Å². The number of alkyl carbamates (subject to hydrolysis) is 1. The lowest BCUT2D eigenvalue weighted by Crippen LogP contribution is -2.55. The van der Waals surface area contributed by atoms with Crippen LogP contribution in [-0.4, -0.2) is 58.8 Å². The summed E-state index contributed by atoms with van der Waals surface area (Å²) in [6, 6.07) is 25.4. The third kappa shape index (κ3) is 14.1. The van der Waals surface area contributed by atoms with Gasteiger partial charge in [-0.2, -0.15) is 0 Å².